The summed E-state index contributed by atoms with van der Waals surface area (Å²) in [5, 5.41) is 0. The Hall–Kier alpha value is -1.02. The molecular weight excluding hydrogens is 174 g/mol. The number of methoxy groups -OCH3 is 1. The van der Waals surface area contributed by atoms with E-state index < -0.39 is 0 Å². The molecule has 0 spiro atoms. The number of anilines is 1. The van der Waals surface area contributed by atoms with Crippen molar-refractivity contribution < 1.29 is 4.74 Å². The maximum Gasteiger partial charge on any atom is 0.0669 e. The molecule has 2 nitrogen and oxygen atoms in total. The van der Waals surface area contributed by atoms with Crippen LogP contribution in [0.1, 0.15) is 12.5 Å². The highest BCUT2D eigenvalue weighted by Crippen LogP contribution is 2.31. The van der Waals surface area contributed by atoms with Crippen LogP contribution in [0, 0.1) is 0 Å². The van der Waals surface area contributed by atoms with Crippen LogP contribution in [-0.2, 0) is 11.2 Å². The SMILES string of the molecule is CCN1c2ccccc2C[C@H]1COC. The molecule has 1 aromatic rings. The largest absolute Gasteiger partial charge is 0.383 e. The first-order chi connectivity index (χ1) is 6.86. The van der Waals surface area contributed by atoms with Crippen LogP contribution in [0.2, 0.25) is 0 Å². The zero-order valence-corrected chi connectivity index (χ0v) is 8.86. The number of ether oxygens (including phenoxy) is 1. The predicted octanol–water partition coefficient (Wildman–Crippen LogP) is 2.08. The summed E-state index contributed by atoms with van der Waals surface area (Å²) < 4.78 is 5.25. The molecule has 14 heavy (non-hydrogen) atoms. The van der Waals surface area contributed by atoms with E-state index in [9.17, 15) is 0 Å². The zero-order chi connectivity index (χ0) is 9.97. The van der Waals surface area contributed by atoms with Gasteiger partial charge in [-0.15, -0.1) is 0 Å². The van der Waals surface area contributed by atoms with Gasteiger partial charge in [0.1, 0.15) is 0 Å². The second-order valence-corrected chi connectivity index (χ2v) is 3.73. The van der Waals surface area contributed by atoms with Crippen molar-refractivity contribution >= 4 is 5.69 Å². The maximum atomic E-state index is 5.25. The van der Waals surface area contributed by atoms with Crippen LogP contribution in [0.15, 0.2) is 24.3 Å². The number of hydrogen-bond acceptors (Lipinski definition) is 2. The van der Waals surface area contributed by atoms with E-state index in [-0.39, 0.29) is 0 Å². The summed E-state index contributed by atoms with van der Waals surface area (Å²) >= 11 is 0. The van der Waals surface area contributed by atoms with Crippen molar-refractivity contribution in [2.45, 2.75) is 19.4 Å². The van der Waals surface area contributed by atoms with E-state index in [2.05, 4.69) is 36.1 Å². The van der Waals surface area contributed by atoms with Crippen molar-refractivity contribution in [3.8, 4) is 0 Å². The highest BCUT2D eigenvalue weighted by molar-refractivity contribution is 5.59. The van der Waals surface area contributed by atoms with Gasteiger partial charge in [0.2, 0.25) is 0 Å². The van der Waals surface area contributed by atoms with Gasteiger partial charge in [-0.05, 0) is 25.0 Å². The third kappa shape index (κ3) is 1.50. The van der Waals surface area contributed by atoms with Crippen molar-refractivity contribution in [3.63, 3.8) is 0 Å². The van der Waals surface area contributed by atoms with Gasteiger partial charge >= 0.3 is 0 Å². The molecule has 0 fully saturated rings. The summed E-state index contributed by atoms with van der Waals surface area (Å²) in [4.78, 5) is 2.43. The van der Waals surface area contributed by atoms with Gasteiger partial charge in [0.15, 0.2) is 0 Å². The normalized spacial score (nSPS) is 19.9. The standard InChI is InChI=1S/C12H17NO/c1-3-13-11(9-14-2)8-10-6-4-5-7-12(10)13/h4-7,11H,3,8-9H2,1-2H3/t11-/m0/s1. The quantitative estimate of drug-likeness (QED) is 0.725. The lowest BCUT2D eigenvalue weighted by Gasteiger charge is -2.25. The fourth-order valence-electron chi connectivity index (χ4n) is 2.29. The fraction of sp³-hybridized carbons (Fsp3) is 0.500. The van der Waals surface area contributed by atoms with E-state index in [0.29, 0.717) is 6.04 Å². The van der Waals surface area contributed by atoms with Crippen molar-refractivity contribution in [2.24, 2.45) is 0 Å². The highest BCUT2D eigenvalue weighted by Gasteiger charge is 2.27. The van der Waals surface area contributed by atoms with Gasteiger partial charge in [0.25, 0.3) is 0 Å². The summed E-state index contributed by atoms with van der Waals surface area (Å²) in [6.07, 6.45) is 1.12. The van der Waals surface area contributed by atoms with Crippen LogP contribution in [0.3, 0.4) is 0 Å². The molecule has 0 aliphatic carbocycles. The van der Waals surface area contributed by atoms with E-state index in [1.165, 1.54) is 11.3 Å². The van der Waals surface area contributed by atoms with Crippen LogP contribution in [0.5, 0.6) is 0 Å². The molecule has 1 aliphatic rings. The lowest BCUT2D eigenvalue weighted by atomic mass is 10.1. The number of para-hydroxylation sites is 1. The minimum atomic E-state index is 0.530. The smallest absolute Gasteiger partial charge is 0.0669 e. The molecule has 76 valence electrons. The zero-order valence-electron chi connectivity index (χ0n) is 8.86. The Balaban J connectivity index is 2.24. The summed E-state index contributed by atoms with van der Waals surface area (Å²) in [7, 11) is 1.77. The summed E-state index contributed by atoms with van der Waals surface area (Å²) in [6, 6.07) is 9.17. The molecule has 2 heteroatoms. The number of fused-ring (bicyclic) bond motifs is 1. The Morgan fingerprint density at radius 2 is 2.21 bits per heavy atom. The number of likely N-dealkylation sites (N-methyl/N-ethyl adjacent to an activating group) is 1. The van der Waals surface area contributed by atoms with Crippen LogP contribution >= 0.6 is 0 Å². The molecule has 0 radical (unpaired) electrons. The number of benzene rings is 1. The highest BCUT2D eigenvalue weighted by atomic mass is 16.5. The van der Waals surface area contributed by atoms with Crippen LogP contribution in [-0.4, -0.2) is 26.3 Å². The molecule has 1 heterocycles. The van der Waals surface area contributed by atoms with Gasteiger partial charge in [-0.2, -0.15) is 0 Å². The maximum absolute atomic E-state index is 5.25. The Bertz CT molecular complexity index is 311. The molecule has 1 aromatic carbocycles. The molecule has 0 unspecified atom stereocenters. The number of nitrogens with zero attached hydrogens (tertiary/aromatic N) is 1. The van der Waals surface area contributed by atoms with E-state index in [1.807, 2.05) is 0 Å². The monoisotopic (exact) mass is 191 g/mol. The second-order valence-electron chi connectivity index (χ2n) is 3.73. The Morgan fingerprint density at radius 3 is 2.93 bits per heavy atom. The van der Waals surface area contributed by atoms with Gasteiger partial charge in [-0.25, -0.2) is 0 Å². The first-order valence-electron chi connectivity index (χ1n) is 5.20. The third-order valence-corrected chi connectivity index (χ3v) is 2.90. The third-order valence-electron chi connectivity index (χ3n) is 2.90. The lowest BCUT2D eigenvalue weighted by Crippen LogP contribution is -2.35. The Labute approximate surface area is 85.5 Å². The average molecular weight is 191 g/mol. The van der Waals surface area contributed by atoms with Crippen molar-refractivity contribution in [3.05, 3.63) is 29.8 Å². The van der Waals surface area contributed by atoms with Gasteiger partial charge in [-0.1, -0.05) is 18.2 Å². The first kappa shape index (κ1) is 9.53. The van der Waals surface area contributed by atoms with Crippen molar-refractivity contribution in [1.29, 1.82) is 0 Å². The minimum absolute atomic E-state index is 0.530. The molecule has 1 atom stereocenters. The van der Waals surface area contributed by atoms with Crippen LogP contribution in [0.25, 0.3) is 0 Å². The second kappa shape index (κ2) is 4.01. The van der Waals surface area contributed by atoms with Gasteiger partial charge in [-0.3, -0.25) is 0 Å². The first-order valence-corrected chi connectivity index (χ1v) is 5.20. The van der Waals surface area contributed by atoms with Gasteiger partial charge < -0.3 is 9.64 Å². The van der Waals surface area contributed by atoms with Crippen LogP contribution in [0.4, 0.5) is 5.69 Å². The van der Waals surface area contributed by atoms with E-state index in [4.69, 9.17) is 4.74 Å². The molecule has 0 bridgehead atoms. The molecule has 0 amide bonds. The summed E-state index contributed by atoms with van der Waals surface area (Å²) in [6.45, 7) is 4.08. The molecular formula is C12H17NO. The summed E-state index contributed by atoms with van der Waals surface area (Å²) in [5.41, 5.74) is 2.84. The molecule has 0 saturated carbocycles. The van der Waals surface area contributed by atoms with E-state index in [1.54, 1.807) is 7.11 Å². The minimum Gasteiger partial charge on any atom is -0.383 e. The lowest BCUT2D eigenvalue weighted by molar-refractivity contribution is 0.179. The molecule has 1 aliphatic heterocycles. The van der Waals surface area contributed by atoms with Crippen LogP contribution < -0.4 is 4.90 Å². The Kier molecular flexibility index (Phi) is 2.73. The number of rotatable bonds is 3. The van der Waals surface area contributed by atoms with E-state index in [0.717, 1.165) is 19.6 Å². The molecule has 0 aromatic heterocycles. The van der Waals surface area contributed by atoms with E-state index >= 15 is 0 Å². The topological polar surface area (TPSA) is 12.5 Å². The summed E-state index contributed by atoms with van der Waals surface area (Å²) in [5.74, 6) is 0. The molecule has 0 saturated heterocycles. The molecule has 0 N–H and O–H groups in total. The molecule has 2 rings (SSSR count). The average Bonchev–Trinajstić information content (AvgIpc) is 2.55. The van der Waals surface area contributed by atoms with Crippen molar-refractivity contribution in [2.75, 3.05) is 25.2 Å². The van der Waals surface area contributed by atoms with Crippen molar-refractivity contribution in [1.82, 2.24) is 0 Å². The number of hydrogen-bond donors (Lipinski definition) is 0. The Morgan fingerprint density at radius 1 is 1.43 bits per heavy atom. The van der Waals surface area contributed by atoms with Gasteiger partial charge in [0.05, 0.1) is 12.6 Å². The van der Waals surface area contributed by atoms with Gasteiger partial charge in [0, 0.05) is 19.3 Å². The fourth-order valence-corrected chi connectivity index (χ4v) is 2.29. The predicted molar refractivity (Wildman–Crippen MR) is 58.8 cm³/mol.